The maximum atomic E-state index is 6.12. The van der Waals surface area contributed by atoms with Gasteiger partial charge in [0.2, 0.25) is 0 Å². The zero-order chi connectivity index (χ0) is 17.5. The summed E-state index contributed by atoms with van der Waals surface area (Å²) in [6, 6.07) is 6.79. The van der Waals surface area contributed by atoms with Gasteiger partial charge in [0.1, 0.15) is 5.75 Å². The lowest BCUT2D eigenvalue weighted by molar-refractivity contribution is 0.183. The van der Waals surface area contributed by atoms with Crippen LogP contribution in [0, 0.1) is 0 Å². The molecule has 0 bridgehead atoms. The zero-order valence-electron chi connectivity index (χ0n) is 16.3. The van der Waals surface area contributed by atoms with Crippen molar-refractivity contribution < 1.29 is 9.47 Å². The number of ether oxygens (including phenoxy) is 2. The first-order valence-corrected chi connectivity index (χ1v) is 9.05. The second kappa shape index (κ2) is 8.73. The smallest absolute Gasteiger partial charge is 0.123 e. The summed E-state index contributed by atoms with van der Waals surface area (Å²) < 4.78 is 11.2. The summed E-state index contributed by atoms with van der Waals surface area (Å²) in [7, 11) is 1.75. The molecule has 0 heterocycles. The molecule has 0 saturated carbocycles. The molecule has 0 aliphatic carbocycles. The van der Waals surface area contributed by atoms with Crippen LogP contribution in [0.3, 0.4) is 0 Å². The Balaban J connectivity index is 3.01. The van der Waals surface area contributed by atoms with Crippen molar-refractivity contribution in [1.29, 1.82) is 0 Å². The minimum Gasteiger partial charge on any atom is -0.493 e. The second-order valence-corrected chi connectivity index (χ2v) is 7.73. The van der Waals surface area contributed by atoms with Crippen molar-refractivity contribution in [1.82, 2.24) is 0 Å². The third-order valence-corrected chi connectivity index (χ3v) is 5.26. The fraction of sp³-hybridized carbons (Fsp3) is 0.714. The van der Waals surface area contributed by atoms with E-state index in [1.807, 2.05) is 0 Å². The largest absolute Gasteiger partial charge is 0.493 e. The van der Waals surface area contributed by atoms with Crippen molar-refractivity contribution in [2.45, 2.75) is 78.1 Å². The first-order valence-electron chi connectivity index (χ1n) is 9.05. The maximum Gasteiger partial charge on any atom is 0.123 e. The summed E-state index contributed by atoms with van der Waals surface area (Å²) in [5.74, 6) is 1.05. The summed E-state index contributed by atoms with van der Waals surface area (Å²) in [4.78, 5) is 0. The minimum absolute atomic E-state index is 0.127. The van der Waals surface area contributed by atoms with Gasteiger partial charge in [0.05, 0.1) is 6.61 Å². The summed E-state index contributed by atoms with van der Waals surface area (Å²) in [6.45, 7) is 15.3. The van der Waals surface area contributed by atoms with Crippen LogP contribution >= 0.6 is 0 Å². The molecule has 0 aliphatic heterocycles. The fourth-order valence-corrected chi connectivity index (χ4v) is 2.53. The van der Waals surface area contributed by atoms with E-state index in [4.69, 9.17) is 9.47 Å². The number of rotatable bonds is 10. The topological polar surface area (TPSA) is 18.5 Å². The molecule has 0 atom stereocenters. The molecule has 0 N–H and O–H groups in total. The van der Waals surface area contributed by atoms with Crippen molar-refractivity contribution in [2.75, 3.05) is 20.3 Å². The first kappa shape index (κ1) is 20.0. The van der Waals surface area contributed by atoms with E-state index in [1.54, 1.807) is 7.11 Å². The van der Waals surface area contributed by atoms with Crippen molar-refractivity contribution in [3.8, 4) is 5.75 Å². The van der Waals surface area contributed by atoms with Gasteiger partial charge < -0.3 is 9.47 Å². The number of benzene rings is 1. The van der Waals surface area contributed by atoms with Crippen LogP contribution < -0.4 is 4.74 Å². The Labute approximate surface area is 143 Å². The Morgan fingerprint density at radius 3 is 2.04 bits per heavy atom. The van der Waals surface area contributed by atoms with Crippen molar-refractivity contribution >= 4 is 0 Å². The van der Waals surface area contributed by atoms with Crippen molar-refractivity contribution in [3.05, 3.63) is 29.3 Å². The van der Waals surface area contributed by atoms with Crippen LogP contribution in [0.2, 0.25) is 0 Å². The highest BCUT2D eigenvalue weighted by Crippen LogP contribution is 2.38. The summed E-state index contributed by atoms with van der Waals surface area (Å²) in [6.07, 6.45) is 4.31. The highest BCUT2D eigenvalue weighted by molar-refractivity contribution is 5.44. The molecule has 0 fully saturated rings. The van der Waals surface area contributed by atoms with Gasteiger partial charge in [-0.05, 0) is 48.1 Å². The molecular formula is C21H36O2. The van der Waals surface area contributed by atoms with Gasteiger partial charge in [0.15, 0.2) is 0 Å². The lowest BCUT2D eigenvalue weighted by Gasteiger charge is -2.30. The summed E-state index contributed by atoms with van der Waals surface area (Å²) in [5, 5.41) is 0. The molecule has 0 unspecified atom stereocenters. The Morgan fingerprint density at radius 1 is 0.870 bits per heavy atom. The van der Waals surface area contributed by atoms with E-state index in [-0.39, 0.29) is 10.8 Å². The maximum absolute atomic E-state index is 6.12. The number of hydrogen-bond donors (Lipinski definition) is 0. The molecule has 0 aliphatic rings. The Morgan fingerprint density at radius 2 is 1.48 bits per heavy atom. The van der Waals surface area contributed by atoms with Gasteiger partial charge in [-0.1, -0.05) is 53.7 Å². The predicted molar refractivity (Wildman–Crippen MR) is 99.7 cm³/mol. The van der Waals surface area contributed by atoms with Crippen molar-refractivity contribution in [2.24, 2.45) is 0 Å². The van der Waals surface area contributed by atoms with Crippen LogP contribution in [-0.4, -0.2) is 20.3 Å². The van der Waals surface area contributed by atoms with E-state index in [0.29, 0.717) is 0 Å². The SMILES string of the molecule is CCC(C)(C)c1ccc(OCCCCOC)c(C(C)(C)CC)c1. The Bertz CT molecular complexity index is 475. The molecule has 0 saturated heterocycles. The third-order valence-electron chi connectivity index (χ3n) is 5.26. The van der Waals surface area contributed by atoms with Crippen LogP contribution in [0.15, 0.2) is 18.2 Å². The van der Waals surface area contributed by atoms with E-state index in [1.165, 1.54) is 11.1 Å². The van der Waals surface area contributed by atoms with E-state index in [9.17, 15) is 0 Å². The van der Waals surface area contributed by atoms with Crippen molar-refractivity contribution in [3.63, 3.8) is 0 Å². The van der Waals surface area contributed by atoms with Gasteiger partial charge in [-0.15, -0.1) is 0 Å². The predicted octanol–water partition coefficient (Wildman–Crippen LogP) is 5.87. The zero-order valence-corrected chi connectivity index (χ0v) is 16.3. The lowest BCUT2D eigenvalue weighted by Crippen LogP contribution is -2.21. The molecule has 2 heteroatoms. The summed E-state index contributed by atoms with van der Waals surface area (Å²) in [5.41, 5.74) is 3.08. The molecule has 0 radical (unpaired) electrons. The fourth-order valence-electron chi connectivity index (χ4n) is 2.53. The van der Waals surface area contributed by atoms with E-state index in [0.717, 1.165) is 44.6 Å². The normalized spacial score (nSPS) is 12.5. The molecule has 1 rings (SSSR count). The molecule has 1 aromatic carbocycles. The Kier molecular flexibility index (Phi) is 7.60. The molecule has 2 nitrogen and oxygen atoms in total. The van der Waals surface area contributed by atoms with E-state index >= 15 is 0 Å². The average molecular weight is 321 g/mol. The quantitative estimate of drug-likeness (QED) is 0.502. The van der Waals surface area contributed by atoms with Crippen LogP contribution in [-0.2, 0) is 15.6 Å². The molecule has 1 aromatic rings. The second-order valence-electron chi connectivity index (χ2n) is 7.73. The van der Waals surface area contributed by atoms with Crippen LogP contribution in [0.5, 0.6) is 5.75 Å². The number of methoxy groups -OCH3 is 1. The van der Waals surface area contributed by atoms with E-state index < -0.39 is 0 Å². The molecule has 0 spiro atoms. The highest BCUT2D eigenvalue weighted by Gasteiger charge is 2.26. The highest BCUT2D eigenvalue weighted by atomic mass is 16.5. The van der Waals surface area contributed by atoms with Gasteiger partial charge >= 0.3 is 0 Å². The van der Waals surface area contributed by atoms with Crippen LogP contribution in [0.25, 0.3) is 0 Å². The van der Waals surface area contributed by atoms with Gasteiger partial charge in [0.25, 0.3) is 0 Å². The molecular weight excluding hydrogens is 284 g/mol. The lowest BCUT2D eigenvalue weighted by atomic mass is 9.76. The number of unbranched alkanes of at least 4 members (excludes halogenated alkanes) is 1. The van der Waals surface area contributed by atoms with Gasteiger partial charge in [0, 0.05) is 19.3 Å². The number of hydrogen-bond acceptors (Lipinski definition) is 2. The van der Waals surface area contributed by atoms with E-state index in [2.05, 4.69) is 59.7 Å². The molecule has 23 heavy (non-hydrogen) atoms. The van der Waals surface area contributed by atoms with Gasteiger partial charge in [-0.2, -0.15) is 0 Å². The molecule has 0 amide bonds. The standard InChI is InChI=1S/C21H36O2/c1-8-20(3,4)17-12-13-19(23-15-11-10-14-22-7)18(16-17)21(5,6)9-2/h12-13,16H,8-11,14-15H2,1-7H3. The van der Waals surface area contributed by atoms with Gasteiger partial charge in [-0.3, -0.25) is 0 Å². The minimum atomic E-state index is 0.127. The molecule has 132 valence electrons. The first-order chi connectivity index (χ1) is 10.8. The van der Waals surface area contributed by atoms with Crippen LogP contribution in [0.1, 0.15) is 78.4 Å². The average Bonchev–Trinajstić information content (AvgIpc) is 2.54. The Hall–Kier alpha value is -1.02. The third kappa shape index (κ3) is 5.53. The summed E-state index contributed by atoms with van der Waals surface area (Å²) >= 11 is 0. The van der Waals surface area contributed by atoms with Gasteiger partial charge in [-0.25, -0.2) is 0 Å². The molecule has 0 aromatic heterocycles. The van der Waals surface area contributed by atoms with Crippen LogP contribution in [0.4, 0.5) is 0 Å². The monoisotopic (exact) mass is 320 g/mol.